The van der Waals surface area contributed by atoms with Gasteiger partial charge in [-0.1, -0.05) is 0 Å². The van der Waals surface area contributed by atoms with Crippen LogP contribution < -0.4 is 5.32 Å². The average Bonchev–Trinajstić information content (AvgIpc) is 2.74. The highest BCUT2D eigenvalue weighted by atomic mass is 79.9. The summed E-state index contributed by atoms with van der Waals surface area (Å²) < 4.78 is 13.8. The van der Waals surface area contributed by atoms with Gasteiger partial charge in [0.1, 0.15) is 10.8 Å². The number of hydrogen-bond donors (Lipinski definition) is 1. The van der Waals surface area contributed by atoms with E-state index in [0.29, 0.717) is 0 Å². The monoisotopic (exact) mass is 342 g/mol. The molecule has 0 aliphatic rings. The maximum Gasteiger partial charge on any atom is 0.124 e. The highest BCUT2D eigenvalue weighted by Crippen LogP contribution is 2.32. The van der Waals surface area contributed by atoms with Crippen molar-refractivity contribution in [1.29, 1.82) is 0 Å². The predicted molar refractivity (Wildman–Crippen MR) is 81.8 cm³/mol. The summed E-state index contributed by atoms with van der Waals surface area (Å²) in [6.45, 7) is 7.18. The van der Waals surface area contributed by atoms with Gasteiger partial charge in [-0.05, 0) is 54.9 Å². The summed E-state index contributed by atoms with van der Waals surface area (Å²) in [7, 11) is 0. The molecule has 0 amide bonds. The second kappa shape index (κ2) is 5.69. The zero-order chi connectivity index (χ0) is 14.0. The van der Waals surface area contributed by atoms with E-state index in [9.17, 15) is 4.39 Å². The largest absolute Gasteiger partial charge is 0.307 e. The molecule has 0 spiro atoms. The number of hydrogen-bond acceptors (Lipinski definition) is 3. The van der Waals surface area contributed by atoms with Crippen LogP contribution in [0.3, 0.4) is 0 Å². The Morgan fingerprint density at radius 3 is 2.74 bits per heavy atom. The molecule has 1 aromatic carbocycles. The smallest absolute Gasteiger partial charge is 0.124 e. The molecule has 1 N–H and O–H groups in total. The molecule has 19 heavy (non-hydrogen) atoms. The van der Waals surface area contributed by atoms with Gasteiger partial charge in [0.05, 0.1) is 0 Å². The van der Waals surface area contributed by atoms with Crippen molar-refractivity contribution in [3.8, 4) is 10.6 Å². The lowest BCUT2D eigenvalue weighted by Crippen LogP contribution is -2.34. The molecular weight excluding hydrogens is 327 g/mol. The number of halogens is 2. The Hall–Kier alpha value is -0.780. The summed E-state index contributed by atoms with van der Waals surface area (Å²) in [5, 5.41) is 4.33. The maximum absolute atomic E-state index is 13.1. The Morgan fingerprint density at radius 2 is 2.11 bits per heavy atom. The van der Waals surface area contributed by atoms with Crippen molar-refractivity contribution in [2.75, 3.05) is 0 Å². The van der Waals surface area contributed by atoms with E-state index >= 15 is 0 Å². The van der Waals surface area contributed by atoms with E-state index in [-0.39, 0.29) is 11.4 Å². The van der Waals surface area contributed by atoms with Crippen molar-refractivity contribution in [2.24, 2.45) is 0 Å². The molecule has 0 aliphatic carbocycles. The molecule has 1 aromatic heterocycles. The predicted octanol–water partition coefficient (Wildman–Crippen LogP) is 4.60. The van der Waals surface area contributed by atoms with Crippen molar-refractivity contribution in [2.45, 2.75) is 32.9 Å². The molecule has 2 rings (SSSR count). The summed E-state index contributed by atoms with van der Waals surface area (Å²) in [4.78, 5) is 5.57. The Balaban J connectivity index is 2.16. The summed E-state index contributed by atoms with van der Waals surface area (Å²) in [5.74, 6) is -0.248. The minimum absolute atomic E-state index is 0.0839. The topological polar surface area (TPSA) is 24.9 Å². The van der Waals surface area contributed by atoms with Gasteiger partial charge in [0, 0.05) is 33.2 Å². The van der Waals surface area contributed by atoms with Crippen molar-refractivity contribution >= 4 is 27.3 Å². The first-order valence-corrected chi connectivity index (χ1v) is 7.61. The van der Waals surface area contributed by atoms with Gasteiger partial charge in [-0.25, -0.2) is 9.37 Å². The third kappa shape index (κ3) is 4.09. The molecule has 2 aromatic rings. The van der Waals surface area contributed by atoms with Crippen LogP contribution in [0.5, 0.6) is 0 Å². The van der Waals surface area contributed by atoms with E-state index in [1.807, 2.05) is 6.20 Å². The molecule has 0 bridgehead atoms. The number of nitrogens with zero attached hydrogens (tertiary/aromatic N) is 1. The van der Waals surface area contributed by atoms with Crippen LogP contribution in [0.2, 0.25) is 0 Å². The lowest BCUT2D eigenvalue weighted by Gasteiger charge is -2.19. The van der Waals surface area contributed by atoms with E-state index < -0.39 is 0 Å². The summed E-state index contributed by atoms with van der Waals surface area (Å²) >= 11 is 5.00. The van der Waals surface area contributed by atoms with Crippen molar-refractivity contribution in [3.05, 3.63) is 39.6 Å². The fraction of sp³-hybridized carbons (Fsp3) is 0.357. The molecule has 0 aliphatic heterocycles. The van der Waals surface area contributed by atoms with Gasteiger partial charge in [0.15, 0.2) is 0 Å². The second-order valence-corrected chi connectivity index (χ2v) is 7.33. The van der Waals surface area contributed by atoms with E-state index in [4.69, 9.17) is 0 Å². The van der Waals surface area contributed by atoms with Crippen LogP contribution in [0.25, 0.3) is 10.6 Å². The van der Waals surface area contributed by atoms with Crippen LogP contribution in [0.1, 0.15) is 25.6 Å². The molecule has 102 valence electrons. The molecule has 2 nitrogen and oxygen atoms in total. The van der Waals surface area contributed by atoms with Crippen LogP contribution in [0.4, 0.5) is 4.39 Å². The van der Waals surface area contributed by atoms with Crippen LogP contribution in [-0.2, 0) is 6.54 Å². The summed E-state index contributed by atoms with van der Waals surface area (Å²) in [6, 6.07) is 4.66. The zero-order valence-corrected chi connectivity index (χ0v) is 13.5. The Labute approximate surface area is 125 Å². The lowest BCUT2D eigenvalue weighted by molar-refractivity contribution is 0.426. The molecule has 0 fully saturated rings. The molecular formula is C14H16BrFN2S. The SMILES string of the molecule is CC(C)(C)NCc1cnc(-c2ccc(F)cc2Br)s1. The summed E-state index contributed by atoms with van der Waals surface area (Å²) in [6.07, 6.45) is 1.87. The minimum atomic E-state index is -0.248. The number of aromatic nitrogens is 1. The number of nitrogens with one attached hydrogen (secondary N) is 1. The first-order valence-electron chi connectivity index (χ1n) is 6.00. The van der Waals surface area contributed by atoms with Crippen LogP contribution in [-0.4, -0.2) is 10.5 Å². The maximum atomic E-state index is 13.1. The van der Waals surface area contributed by atoms with Gasteiger partial charge in [-0.2, -0.15) is 0 Å². The number of thiazole rings is 1. The number of benzene rings is 1. The molecule has 1 heterocycles. The standard InChI is InChI=1S/C14H16BrFN2S/c1-14(2,3)18-8-10-7-17-13(19-10)11-5-4-9(16)6-12(11)15/h4-7,18H,8H2,1-3H3. The van der Waals surface area contributed by atoms with Crippen LogP contribution in [0, 0.1) is 5.82 Å². The Bertz CT molecular complexity index is 575. The van der Waals surface area contributed by atoms with Crippen molar-refractivity contribution < 1.29 is 4.39 Å². The van der Waals surface area contributed by atoms with E-state index in [1.54, 1.807) is 17.4 Å². The van der Waals surface area contributed by atoms with Crippen molar-refractivity contribution in [1.82, 2.24) is 10.3 Å². The van der Waals surface area contributed by atoms with Crippen molar-refractivity contribution in [3.63, 3.8) is 0 Å². The molecule has 0 atom stereocenters. The average molecular weight is 343 g/mol. The van der Waals surface area contributed by atoms with Gasteiger partial charge >= 0.3 is 0 Å². The van der Waals surface area contributed by atoms with Gasteiger partial charge in [0.2, 0.25) is 0 Å². The van der Waals surface area contributed by atoms with Gasteiger partial charge < -0.3 is 5.32 Å². The molecule has 0 saturated heterocycles. The molecule has 0 unspecified atom stereocenters. The quantitative estimate of drug-likeness (QED) is 0.881. The highest BCUT2D eigenvalue weighted by molar-refractivity contribution is 9.10. The first kappa shape index (κ1) is 14.6. The third-order valence-electron chi connectivity index (χ3n) is 2.51. The van der Waals surface area contributed by atoms with Gasteiger partial charge in [0.25, 0.3) is 0 Å². The highest BCUT2D eigenvalue weighted by Gasteiger charge is 2.12. The fourth-order valence-electron chi connectivity index (χ4n) is 1.53. The normalized spacial score (nSPS) is 11.8. The fourth-order valence-corrected chi connectivity index (χ4v) is 3.09. The van der Waals surface area contributed by atoms with Crippen LogP contribution >= 0.6 is 27.3 Å². The lowest BCUT2D eigenvalue weighted by atomic mass is 10.1. The Kier molecular flexibility index (Phi) is 4.38. The first-order chi connectivity index (χ1) is 8.85. The van der Waals surface area contributed by atoms with E-state index in [2.05, 4.69) is 47.0 Å². The second-order valence-electron chi connectivity index (χ2n) is 5.36. The summed E-state index contributed by atoms with van der Waals surface area (Å²) in [5.41, 5.74) is 1.01. The molecule has 0 saturated carbocycles. The number of rotatable bonds is 3. The third-order valence-corrected chi connectivity index (χ3v) is 4.19. The van der Waals surface area contributed by atoms with E-state index in [1.165, 1.54) is 17.0 Å². The van der Waals surface area contributed by atoms with Crippen LogP contribution in [0.15, 0.2) is 28.9 Å². The minimum Gasteiger partial charge on any atom is -0.307 e. The van der Waals surface area contributed by atoms with E-state index in [0.717, 1.165) is 21.6 Å². The molecule has 5 heteroatoms. The zero-order valence-electron chi connectivity index (χ0n) is 11.1. The molecule has 0 radical (unpaired) electrons. The van der Waals surface area contributed by atoms with Gasteiger partial charge in [-0.15, -0.1) is 11.3 Å². The van der Waals surface area contributed by atoms with Gasteiger partial charge in [-0.3, -0.25) is 0 Å². The Morgan fingerprint density at radius 1 is 1.37 bits per heavy atom.